The minimum absolute atomic E-state index is 0.0751. The Morgan fingerprint density at radius 2 is 2.00 bits per heavy atom. The normalized spacial score (nSPS) is 16.0. The van der Waals surface area contributed by atoms with Gasteiger partial charge in [-0.1, -0.05) is 48.9 Å². The fraction of sp³-hybridized carbons (Fsp3) is 0.333. The van der Waals surface area contributed by atoms with Crippen molar-refractivity contribution in [2.75, 3.05) is 18.5 Å². The zero-order valence-electron chi connectivity index (χ0n) is 16.0. The second-order valence-corrected chi connectivity index (χ2v) is 9.13. The molecule has 3 aromatic rings. The number of benzene rings is 1. The Kier molecular flexibility index (Phi) is 5.72. The molecule has 0 bridgehead atoms. The van der Waals surface area contributed by atoms with E-state index < -0.39 is 11.2 Å². The van der Waals surface area contributed by atoms with Crippen molar-refractivity contribution >= 4 is 34.7 Å². The molecule has 1 aliphatic heterocycles. The maximum atomic E-state index is 15.4. The van der Waals surface area contributed by atoms with Crippen molar-refractivity contribution in [2.45, 2.75) is 26.3 Å². The number of hydrogen-bond donors (Lipinski definition) is 1. The summed E-state index contributed by atoms with van der Waals surface area (Å²) in [5.41, 5.74) is 0.130. The molecule has 0 saturated carbocycles. The minimum atomic E-state index is -0.645. The lowest BCUT2D eigenvalue weighted by Gasteiger charge is -2.31. The number of hydrogen-bond acceptors (Lipinski definition) is 5. The summed E-state index contributed by atoms with van der Waals surface area (Å²) in [6.45, 7) is 3.26. The lowest BCUT2D eigenvalue weighted by molar-refractivity contribution is 0.0169. The monoisotopic (exact) mass is 433 g/mol. The molecule has 0 unspecified atom stereocenters. The number of anilines is 1. The number of nitrogens with zero attached hydrogens (tertiary/aromatic N) is 2. The summed E-state index contributed by atoms with van der Waals surface area (Å²) in [7, 11) is 0. The Bertz CT molecular complexity index is 1010. The van der Waals surface area contributed by atoms with E-state index in [9.17, 15) is 4.79 Å². The second kappa shape index (κ2) is 8.26. The summed E-state index contributed by atoms with van der Waals surface area (Å²) < 4.78 is 22.6. The predicted octanol–water partition coefficient (Wildman–Crippen LogP) is 5.47. The Labute approximate surface area is 177 Å². The average molecular weight is 434 g/mol. The largest absolute Gasteiger partial charge is 0.381 e. The Hall–Kier alpha value is -2.22. The van der Waals surface area contributed by atoms with E-state index in [-0.39, 0.29) is 17.4 Å². The lowest BCUT2D eigenvalue weighted by atomic mass is 9.81. The summed E-state index contributed by atoms with van der Waals surface area (Å²) in [5, 5.41) is 7.45. The molecule has 29 heavy (non-hydrogen) atoms. The topological polar surface area (TPSA) is 56.2 Å². The van der Waals surface area contributed by atoms with Crippen molar-refractivity contribution in [1.82, 2.24) is 9.78 Å². The third-order valence-electron chi connectivity index (χ3n) is 5.24. The SMILES string of the molecule is CC1(C(=O)n2nc(-c3ccccc3)c(F)c2NCc2ccc(Cl)s2)CCOCC1. The van der Waals surface area contributed by atoms with E-state index in [0.717, 1.165) is 4.88 Å². The molecule has 1 fully saturated rings. The van der Waals surface area contributed by atoms with E-state index >= 15 is 4.39 Å². The summed E-state index contributed by atoms with van der Waals surface area (Å²) >= 11 is 7.40. The average Bonchev–Trinajstić information content (AvgIpc) is 3.30. The molecule has 1 saturated heterocycles. The highest BCUT2D eigenvalue weighted by molar-refractivity contribution is 7.16. The first-order valence-corrected chi connectivity index (χ1v) is 10.6. The third kappa shape index (κ3) is 4.08. The summed E-state index contributed by atoms with van der Waals surface area (Å²) in [6, 6.07) is 12.7. The first-order valence-electron chi connectivity index (χ1n) is 9.42. The fourth-order valence-electron chi connectivity index (χ4n) is 3.39. The molecule has 0 atom stereocenters. The van der Waals surface area contributed by atoms with Gasteiger partial charge in [0.25, 0.3) is 5.91 Å². The van der Waals surface area contributed by atoms with Crippen molar-refractivity contribution < 1.29 is 13.9 Å². The molecule has 1 N–H and O–H groups in total. The Morgan fingerprint density at radius 3 is 2.66 bits per heavy atom. The number of rotatable bonds is 5. The molecule has 1 aliphatic rings. The Morgan fingerprint density at radius 1 is 1.28 bits per heavy atom. The van der Waals surface area contributed by atoms with Crippen LogP contribution in [-0.2, 0) is 11.3 Å². The van der Waals surface area contributed by atoms with Crippen LogP contribution in [0.4, 0.5) is 10.2 Å². The van der Waals surface area contributed by atoms with Gasteiger partial charge in [-0.3, -0.25) is 4.79 Å². The van der Waals surface area contributed by atoms with Crippen LogP contribution >= 0.6 is 22.9 Å². The van der Waals surface area contributed by atoms with Crippen LogP contribution in [0.25, 0.3) is 11.3 Å². The molecular weight excluding hydrogens is 413 g/mol. The van der Waals surface area contributed by atoms with Crippen LogP contribution in [-0.4, -0.2) is 28.9 Å². The molecular formula is C21H21ClFN3O2S. The first kappa shape index (κ1) is 20.1. The molecule has 4 rings (SSSR count). The highest BCUT2D eigenvalue weighted by atomic mass is 35.5. The van der Waals surface area contributed by atoms with E-state index in [1.165, 1.54) is 16.0 Å². The van der Waals surface area contributed by atoms with Gasteiger partial charge in [0.1, 0.15) is 5.69 Å². The zero-order valence-corrected chi connectivity index (χ0v) is 17.5. The predicted molar refractivity (Wildman–Crippen MR) is 113 cm³/mol. The molecule has 5 nitrogen and oxygen atoms in total. The van der Waals surface area contributed by atoms with Gasteiger partial charge in [-0.15, -0.1) is 11.3 Å². The van der Waals surface area contributed by atoms with Crippen molar-refractivity contribution in [3.63, 3.8) is 0 Å². The van der Waals surface area contributed by atoms with Gasteiger partial charge in [-0.2, -0.15) is 9.78 Å². The van der Waals surface area contributed by atoms with E-state index in [1.54, 1.807) is 18.2 Å². The van der Waals surface area contributed by atoms with E-state index in [1.807, 2.05) is 31.2 Å². The van der Waals surface area contributed by atoms with Crippen LogP contribution in [0.1, 0.15) is 29.4 Å². The molecule has 152 valence electrons. The number of aromatic nitrogens is 2. The smallest absolute Gasteiger partial charge is 0.254 e. The lowest BCUT2D eigenvalue weighted by Crippen LogP contribution is -2.38. The number of thiophene rings is 1. The van der Waals surface area contributed by atoms with Gasteiger partial charge in [-0.25, -0.2) is 4.39 Å². The van der Waals surface area contributed by atoms with Crippen LogP contribution in [0.5, 0.6) is 0 Å². The number of nitrogens with one attached hydrogen (secondary N) is 1. The first-order chi connectivity index (χ1) is 14.0. The maximum absolute atomic E-state index is 15.4. The van der Waals surface area contributed by atoms with Gasteiger partial charge in [0.2, 0.25) is 0 Å². The summed E-state index contributed by atoms with van der Waals surface area (Å²) in [5.74, 6) is -0.692. The van der Waals surface area contributed by atoms with Gasteiger partial charge in [-0.05, 0) is 25.0 Å². The molecule has 0 aliphatic carbocycles. The van der Waals surface area contributed by atoms with Crippen molar-refractivity contribution in [2.24, 2.45) is 5.41 Å². The molecule has 1 aromatic carbocycles. The second-order valence-electron chi connectivity index (χ2n) is 7.33. The number of carbonyl (C=O) groups excluding carboxylic acids is 1. The quantitative estimate of drug-likeness (QED) is 0.579. The number of halogens is 2. The van der Waals surface area contributed by atoms with Crippen LogP contribution in [0.3, 0.4) is 0 Å². The number of ether oxygens (including phenoxy) is 1. The van der Waals surface area contributed by atoms with Gasteiger partial charge >= 0.3 is 0 Å². The molecule has 3 heterocycles. The van der Waals surface area contributed by atoms with Crippen LogP contribution < -0.4 is 5.32 Å². The Balaban J connectivity index is 1.72. The third-order valence-corrected chi connectivity index (χ3v) is 6.47. The molecule has 0 spiro atoms. The highest BCUT2D eigenvalue weighted by Crippen LogP contribution is 2.35. The number of carbonyl (C=O) groups is 1. The fourth-order valence-corrected chi connectivity index (χ4v) is 4.42. The van der Waals surface area contributed by atoms with Crippen LogP contribution in [0.2, 0.25) is 4.34 Å². The molecule has 0 amide bonds. The zero-order chi connectivity index (χ0) is 20.4. The van der Waals surface area contributed by atoms with Crippen molar-refractivity contribution in [1.29, 1.82) is 0 Å². The van der Waals surface area contributed by atoms with E-state index in [4.69, 9.17) is 16.3 Å². The van der Waals surface area contributed by atoms with E-state index in [0.29, 0.717) is 42.5 Å². The molecule has 8 heteroatoms. The van der Waals surface area contributed by atoms with Crippen molar-refractivity contribution in [3.05, 3.63) is 57.5 Å². The van der Waals surface area contributed by atoms with Crippen molar-refractivity contribution in [3.8, 4) is 11.3 Å². The molecule has 2 aromatic heterocycles. The summed E-state index contributed by atoms with van der Waals surface area (Å²) in [4.78, 5) is 14.3. The highest BCUT2D eigenvalue weighted by Gasteiger charge is 2.39. The van der Waals surface area contributed by atoms with Gasteiger partial charge in [0.15, 0.2) is 11.6 Å². The van der Waals surface area contributed by atoms with Gasteiger partial charge < -0.3 is 10.1 Å². The van der Waals surface area contributed by atoms with Crippen LogP contribution in [0.15, 0.2) is 42.5 Å². The van der Waals surface area contributed by atoms with Gasteiger partial charge in [0.05, 0.1) is 16.3 Å². The summed E-state index contributed by atoms with van der Waals surface area (Å²) in [6.07, 6.45) is 1.15. The van der Waals surface area contributed by atoms with E-state index in [2.05, 4.69) is 10.4 Å². The molecule has 0 radical (unpaired) electrons. The van der Waals surface area contributed by atoms with Crippen LogP contribution in [0, 0.1) is 11.2 Å². The van der Waals surface area contributed by atoms with Gasteiger partial charge in [0, 0.05) is 23.7 Å². The maximum Gasteiger partial charge on any atom is 0.254 e. The standard InChI is InChI=1S/C21H21ClFN3O2S/c1-21(9-11-28-12-10-21)20(27)26-19(24-13-15-7-8-16(22)29-15)17(23)18(25-26)14-5-3-2-4-6-14/h2-8,24H,9-13H2,1H3. The minimum Gasteiger partial charge on any atom is -0.381 e.